The molecule has 2 unspecified atom stereocenters. The lowest BCUT2D eigenvalue weighted by atomic mass is 10.1. The van der Waals surface area contributed by atoms with Crippen LogP contribution in [0.3, 0.4) is 0 Å². The van der Waals surface area contributed by atoms with Gasteiger partial charge in [0.25, 0.3) is 0 Å². The second-order valence-corrected chi connectivity index (χ2v) is 5.88. The van der Waals surface area contributed by atoms with Gasteiger partial charge in [0.1, 0.15) is 0 Å². The van der Waals surface area contributed by atoms with Crippen molar-refractivity contribution in [1.29, 1.82) is 0 Å². The molecule has 2 fully saturated rings. The van der Waals surface area contributed by atoms with E-state index in [4.69, 9.17) is 0 Å². The maximum Gasteiger partial charge on any atom is 0.338 e. The van der Waals surface area contributed by atoms with Gasteiger partial charge in [-0.05, 0) is 30.7 Å². The van der Waals surface area contributed by atoms with Gasteiger partial charge in [-0.25, -0.2) is 4.79 Å². The fourth-order valence-electron chi connectivity index (χ4n) is 3.04. The third-order valence-electron chi connectivity index (χ3n) is 3.98. The highest BCUT2D eigenvalue weighted by Crippen LogP contribution is 2.57. The number of rotatable bonds is 3. The molecule has 2 aliphatic carbocycles. The van der Waals surface area contributed by atoms with Crippen LogP contribution in [0.4, 0.5) is 5.00 Å². The van der Waals surface area contributed by atoms with Gasteiger partial charge in [0.05, 0.1) is 17.7 Å². The minimum absolute atomic E-state index is 0.114. The lowest BCUT2D eigenvalue weighted by Gasteiger charge is -2.03. The van der Waals surface area contributed by atoms with Gasteiger partial charge in [-0.1, -0.05) is 6.42 Å². The Labute approximate surface area is 109 Å². The largest absolute Gasteiger partial charge is 0.465 e. The average molecular weight is 265 g/mol. The van der Waals surface area contributed by atoms with Crippen molar-refractivity contribution in [2.45, 2.75) is 19.3 Å². The molecular weight excluding hydrogens is 250 g/mol. The van der Waals surface area contributed by atoms with Crippen molar-refractivity contribution in [2.75, 3.05) is 12.4 Å². The summed E-state index contributed by atoms with van der Waals surface area (Å²) in [5.74, 6) is 1.19. The Morgan fingerprint density at radius 1 is 1.39 bits per heavy atom. The van der Waals surface area contributed by atoms with Crippen LogP contribution in [-0.4, -0.2) is 19.0 Å². The van der Waals surface area contributed by atoms with Crippen LogP contribution in [0.15, 0.2) is 11.4 Å². The molecule has 5 heteroatoms. The van der Waals surface area contributed by atoms with Crippen molar-refractivity contribution in [3.8, 4) is 0 Å². The average Bonchev–Trinajstić information content (AvgIpc) is 2.76. The van der Waals surface area contributed by atoms with Crippen molar-refractivity contribution >= 4 is 28.2 Å². The molecule has 0 spiro atoms. The number of esters is 1. The summed E-state index contributed by atoms with van der Waals surface area (Å²) >= 11 is 1.36. The lowest BCUT2D eigenvalue weighted by molar-refractivity contribution is -0.118. The zero-order chi connectivity index (χ0) is 12.7. The number of nitrogens with one attached hydrogen (secondary N) is 1. The van der Waals surface area contributed by atoms with Gasteiger partial charge in [-0.15, -0.1) is 11.3 Å². The number of thiophene rings is 1. The predicted octanol–water partition coefficient (Wildman–Crippen LogP) is 2.52. The third-order valence-corrected chi connectivity index (χ3v) is 4.82. The van der Waals surface area contributed by atoms with Crippen LogP contribution in [-0.2, 0) is 9.53 Å². The van der Waals surface area contributed by atoms with E-state index < -0.39 is 0 Å². The summed E-state index contributed by atoms with van der Waals surface area (Å²) in [5.41, 5.74) is 0.494. The Hall–Kier alpha value is -1.36. The first-order valence-corrected chi connectivity index (χ1v) is 7.06. The van der Waals surface area contributed by atoms with Crippen molar-refractivity contribution in [2.24, 2.45) is 17.8 Å². The van der Waals surface area contributed by atoms with Gasteiger partial charge in [0, 0.05) is 11.3 Å². The Balaban J connectivity index is 1.61. The molecule has 0 aliphatic heterocycles. The summed E-state index contributed by atoms with van der Waals surface area (Å²) in [5, 5.41) is 5.33. The molecule has 1 aromatic heterocycles. The maximum absolute atomic E-state index is 12.0. The monoisotopic (exact) mass is 265 g/mol. The molecule has 1 amide bonds. The molecule has 3 rings (SSSR count). The van der Waals surface area contributed by atoms with Gasteiger partial charge >= 0.3 is 5.97 Å². The highest BCUT2D eigenvalue weighted by Gasteiger charge is 2.56. The number of hydrogen-bond acceptors (Lipinski definition) is 4. The molecule has 1 heterocycles. The minimum atomic E-state index is -0.366. The summed E-state index contributed by atoms with van der Waals surface area (Å²) < 4.78 is 4.63. The Kier molecular flexibility index (Phi) is 2.86. The summed E-state index contributed by atoms with van der Waals surface area (Å²) in [6.07, 6.45) is 3.66. The Bertz CT molecular complexity index is 486. The van der Waals surface area contributed by atoms with Crippen LogP contribution >= 0.6 is 11.3 Å². The third kappa shape index (κ3) is 1.92. The number of methoxy groups -OCH3 is 1. The second-order valence-electron chi connectivity index (χ2n) is 4.96. The topological polar surface area (TPSA) is 55.4 Å². The number of amides is 1. The smallest absolute Gasteiger partial charge is 0.338 e. The van der Waals surface area contributed by atoms with E-state index in [1.165, 1.54) is 37.7 Å². The summed E-state index contributed by atoms with van der Waals surface area (Å²) in [4.78, 5) is 23.3. The number of fused-ring (bicyclic) bond motifs is 1. The van der Waals surface area contributed by atoms with Crippen LogP contribution < -0.4 is 5.32 Å². The van der Waals surface area contributed by atoms with Crippen LogP contribution in [0.2, 0.25) is 0 Å². The van der Waals surface area contributed by atoms with E-state index in [0.29, 0.717) is 17.4 Å². The fraction of sp³-hybridized carbons (Fsp3) is 0.538. The number of hydrogen-bond donors (Lipinski definition) is 1. The summed E-state index contributed by atoms with van der Waals surface area (Å²) in [6, 6.07) is 1.67. The van der Waals surface area contributed by atoms with Crippen LogP contribution in [0.1, 0.15) is 29.6 Å². The molecule has 1 N–H and O–H groups in total. The molecule has 4 nitrogen and oxygen atoms in total. The molecule has 2 atom stereocenters. The normalized spacial score (nSPS) is 28.6. The van der Waals surface area contributed by atoms with Crippen LogP contribution in [0.5, 0.6) is 0 Å². The first-order valence-electron chi connectivity index (χ1n) is 6.18. The molecule has 18 heavy (non-hydrogen) atoms. The predicted molar refractivity (Wildman–Crippen MR) is 68.6 cm³/mol. The van der Waals surface area contributed by atoms with Gasteiger partial charge in [-0.3, -0.25) is 4.79 Å². The van der Waals surface area contributed by atoms with Crippen molar-refractivity contribution in [1.82, 2.24) is 0 Å². The van der Waals surface area contributed by atoms with Crippen molar-refractivity contribution in [3.63, 3.8) is 0 Å². The van der Waals surface area contributed by atoms with E-state index in [2.05, 4.69) is 10.1 Å². The highest BCUT2D eigenvalue weighted by atomic mass is 32.1. The Morgan fingerprint density at radius 2 is 2.11 bits per heavy atom. The first-order chi connectivity index (χ1) is 8.70. The number of ether oxygens (including phenoxy) is 1. The highest BCUT2D eigenvalue weighted by molar-refractivity contribution is 7.14. The van der Waals surface area contributed by atoms with E-state index in [9.17, 15) is 9.59 Å². The molecule has 0 aromatic carbocycles. The van der Waals surface area contributed by atoms with Gasteiger partial charge in [-0.2, -0.15) is 0 Å². The molecule has 0 bridgehead atoms. The maximum atomic E-state index is 12.0. The van der Waals surface area contributed by atoms with Crippen molar-refractivity contribution < 1.29 is 14.3 Å². The van der Waals surface area contributed by atoms with E-state index >= 15 is 0 Å². The molecule has 1 aromatic rings. The molecule has 2 aliphatic rings. The minimum Gasteiger partial charge on any atom is -0.465 e. The Morgan fingerprint density at radius 3 is 2.78 bits per heavy atom. The molecule has 96 valence electrons. The second kappa shape index (κ2) is 4.39. The van der Waals surface area contributed by atoms with E-state index in [1.54, 1.807) is 11.4 Å². The number of carbonyl (C=O) groups is 2. The van der Waals surface area contributed by atoms with Gasteiger partial charge in [0.2, 0.25) is 5.91 Å². The first kappa shape index (κ1) is 11.7. The van der Waals surface area contributed by atoms with Crippen LogP contribution in [0, 0.1) is 17.8 Å². The zero-order valence-electron chi connectivity index (χ0n) is 10.1. The molecule has 0 saturated heterocycles. The number of carbonyl (C=O) groups excluding carboxylic acids is 2. The quantitative estimate of drug-likeness (QED) is 0.854. The lowest BCUT2D eigenvalue weighted by Crippen LogP contribution is -2.15. The SMILES string of the molecule is COC(=O)c1csc(NC(=O)C2C3CCCC32)c1. The summed E-state index contributed by atoms with van der Waals surface area (Å²) in [6.45, 7) is 0. The van der Waals surface area contributed by atoms with E-state index in [-0.39, 0.29) is 17.8 Å². The molecular formula is C13H15NO3S. The van der Waals surface area contributed by atoms with Crippen LogP contribution in [0.25, 0.3) is 0 Å². The fourth-order valence-corrected chi connectivity index (χ4v) is 3.81. The molecule has 0 radical (unpaired) electrons. The van der Waals surface area contributed by atoms with Gasteiger partial charge < -0.3 is 10.1 Å². The molecule has 2 saturated carbocycles. The van der Waals surface area contributed by atoms with Crippen molar-refractivity contribution in [3.05, 3.63) is 17.0 Å². The zero-order valence-corrected chi connectivity index (χ0v) is 11.0. The van der Waals surface area contributed by atoms with E-state index in [0.717, 1.165) is 5.00 Å². The van der Waals surface area contributed by atoms with Gasteiger partial charge in [0.15, 0.2) is 0 Å². The number of anilines is 1. The standard InChI is InChI=1S/C13H15NO3S/c1-17-13(16)7-5-10(18-6-7)14-12(15)11-8-3-2-4-9(8)11/h5-6,8-9,11H,2-4H2,1H3,(H,14,15). The summed E-state index contributed by atoms with van der Waals surface area (Å²) in [7, 11) is 1.35. The van der Waals surface area contributed by atoms with E-state index in [1.807, 2.05) is 0 Å².